The van der Waals surface area contributed by atoms with E-state index in [0.717, 1.165) is 6.54 Å². The maximum absolute atomic E-state index is 10.7. The van der Waals surface area contributed by atoms with E-state index in [2.05, 4.69) is 4.90 Å². The number of hydrogen-bond donors (Lipinski definition) is 2. The van der Waals surface area contributed by atoms with Crippen molar-refractivity contribution in [3.05, 3.63) is 0 Å². The van der Waals surface area contributed by atoms with Crippen LogP contribution < -0.4 is 0 Å². The molecule has 0 aliphatic carbocycles. The molecule has 0 bridgehead atoms. The zero-order valence-corrected chi connectivity index (χ0v) is 8.10. The molecular weight excluding hydrogens is 170 g/mol. The molecule has 1 fully saturated rings. The maximum Gasteiger partial charge on any atom is 0.306 e. The van der Waals surface area contributed by atoms with Gasteiger partial charge in [-0.05, 0) is 13.5 Å². The molecule has 0 amide bonds. The first-order valence-electron chi connectivity index (χ1n) is 4.61. The van der Waals surface area contributed by atoms with Crippen molar-refractivity contribution >= 4 is 5.97 Å². The quantitative estimate of drug-likeness (QED) is 0.640. The van der Waals surface area contributed by atoms with Crippen LogP contribution in [-0.4, -0.2) is 47.3 Å². The monoisotopic (exact) mass is 187 g/mol. The number of aliphatic hydroxyl groups is 1. The molecule has 0 aromatic heterocycles. The molecule has 76 valence electrons. The number of aliphatic hydroxyl groups excluding tert-OH is 1. The fraction of sp³-hybridized carbons (Fsp3) is 0.889. The number of piperidine rings is 1. The molecule has 2 N–H and O–H groups in total. The summed E-state index contributed by atoms with van der Waals surface area (Å²) in [6.07, 6.45) is 0.223. The SMILES string of the molecule is CC(C(=O)O)C1CN(C)CCC1O. The van der Waals surface area contributed by atoms with Crippen molar-refractivity contribution in [2.45, 2.75) is 19.4 Å². The van der Waals surface area contributed by atoms with Gasteiger partial charge in [0.05, 0.1) is 12.0 Å². The number of likely N-dealkylation sites (tertiary alicyclic amines) is 1. The van der Waals surface area contributed by atoms with Crippen molar-refractivity contribution in [3.8, 4) is 0 Å². The van der Waals surface area contributed by atoms with Gasteiger partial charge >= 0.3 is 5.97 Å². The van der Waals surface area contributed by atoms with Gasteiger partial charge in [-0.3, -0.25) is 4.79 Å². The zero-order chi connectivity index (χ0) is 10.0. The molecule has 4 heteroatoms. The second kappa shape index (κ2) is 4.07. The van der Waals surface area contributed by atoms with Gasteiger partial charge in [-0.15, -0.1) is 0 Å². The van der Waals surface area contributed by atoms with Crippen molar-refractivity contribution in [3.63, 3.8) is 0 Å². The second-order valence-corrected chi connectivity index (χ2v) is 3.91. The number of carboxylic acids is 1. The normalized spacial score (nSPS) is 32.8. The zero-order valence-electron chi connectivity index (χ0n) is 8.10. The molecule has 4 nitrogen and oxygen atoms in total. The van der Waals surface area contributed by atoms with Gasteiger partial charge in [0, 0.05) is 19.0 Å². The highest BCUT2D eigenvalue weighted by atomic mass is 16.4. The first-order valence-corrected chi connectivity index (χ1v) is 4.61. The lowest BCUT2D eigenvalue weighted by Crippen LogP contribution is -2.45. The summed E-state index contributed by atoms with van der Waals surface area (Å²) < 4.78 is 0. The minimum absolute atomic E-state index is 0.128. The largest absolute Gasteiger partial charge is 0.481 e. The molecule has 0 radical (unpaired) electrons. The average Bonchev–Trinajstić information content (AvgIpc) is 2.08. The van der Waals surface area contributed by atoms with Crippen molar-refractivity contribution in [2.24, 2.45) is 11.8 Å². The third-order valence-corrected chi connectivity index (χ3v) is 2.86. The van der Waals surface area contributed by atoms with Crippen molar-refractivity contribution in [1.29, 1.82) is 0 Å². The van der Waals surface area contributed by atoms with Gasteiger partial charge in [-0.1, -0.05) is 6.92 Å². The molecule has 13 heavy (non-hydrogen) atoms. The fourth-order valence-electron chi connectivity index (χ4n) is 1.81. The summed E-state index contributed by atoms with van der Waals surface area (Å²) in [6.45, 7) is 3.19. The molecular formula is C9H17NO3. The molecule has 3 atom stereocenters. The van der Waals surface area contributed by atoms with E-state index in [1.807, 2.05) is 7.05 Å². The van der Waals surface area contributed by atoms with E-state index in [9.17, 15) is 9.90 Å². The Morgan fingerprint density at radius 1 is 1.62 bits per heavy atom. The van der Waals surface area contributed by atoms with Crippen molar-refractivity contribution < 1.29 is 15.0 Å². The molecule has 0 aromatic carbocycles. The van der Waals surface area contributed by atoms with E-state index in [0.29, 0.717) is 13.0 Å². The summed E-state index contributed by atoms with van der Waals surface area (Å²) in [6, 6.07) is 0. The van der Waals surface area contributed by atoms with Crippen LogP contribution in [0.25, 0.3) is 0 Å². The summed E-state index contributed by atoms with van der Waals surface area (Å²) >= 11 is 0. The number of rotatable bonds is 2. The minimum Gasteiger partial charge on any atom is -0.481 e. The van der Waals surface area contributed by atoms with Gasteiger partial charge in [0.1, 0.15) is 0 Å². The smallest absolute Gasteiger partial charge is 0.306 e. The van der Waals surface area contributed by atoms with Crippen LogP contribution in [0.3, 0.4) is 0 Å². The van der Waals surface area contributed by atoms with Gasteiger partial charge in [0.15, 0.2) is 0 Å². The lowest BCUT2D eigenvalue weighted by atomic mass is 9.84. The Balaban J connectivity index is 2.60. The highest BCUT2D eigenvalue weighted by Gasteiger charge is 2.33. The highest BCUT2D eigenvalue weighted by Crippen LogP contribution is 2.23. The first kappa shape index (κ1) is 10.5. The van der Waals surface area contributed by atoms with E-state index in [1.54, 1.807) is 6.92 Å². The molecule has 0 aromatic rings. The Morgan fingerprint density at radius 2 is 2.23 bits per heavy atom. The number of hydrogen-bond acceptors (Lipinski definition) is 3. The second-order valence-electron chi connectivity index (χ2n) is 3.91. The number of carbonyl (C=O) groups is 1. The minimum atomic E-state index is -0.820. The summed E-state index contributed by atoms with van der Waals surface area (Å²) in [5.74, 6) is -1.41. The van der Waals surface area contributed by atoms with Crippen LogP contribution >= 0.6 is 0 Å². The van der Waals surface area contributed by atoms with Crippen molar-refractivity contribution in [2.75, 3.05) is 20.1 Å². The predicted octanol–water partition coefficient (Wildman–Crippen LogP) is 0.0197. The number of nitrogens with zero attached hydrogens (tertiary/aromatic N) is 1. The van der Waals surface area contributed by atoms with Crippen LogP contribution in [0.5, 0.6) is 0 Å². The Labute approximate surface area is 78.2 Å². The van der Waals surface area contributed by atoms with Gasteiger partial charge in [0.25, 0.3) is 0 Å². The van der Waals surface area contributed by atoms with Gasteiger partial charge < -0.3 is 15.1 Å². The molecule has 1 saturated heterocycles. The molecule has 0 saturated carbocycles. The summed E-state index contributed by atoms with van der Waals surface area (Å²) in [7, 11) is 1.95. The number of carboxylic acid groups (broad SMARTS) is 1. The first-order chi connectivity index (χ1) is 6.02. The van der Waals surface area contributed by atoms with Crippen LogP contribution in [0.2, 0.25) is 0 Å². The lowest BCUT2D eigenvalue weighted by Gasteiger charge is -2.35. The Hall–Kier alpha value is -0.610. The summed E-state index contributed by atoms with van der Waals surface area (Å²) in [5.41, 5.74) is 0. The van der Waals surface area contributed by atoms with Crippen LogP contribution in [0.15, 0.2) is 0 Å². The Kier molecular flexibility index (Phi) is 3.27. The van der Waals surface area contributed by atoms with Gasteiger partial charge in [-0.25, -0.2) is 0 Å². The summed E-state index contributed by atoms with van der Waals surface area (Å²) in [4.78, 5) is 12.8. The number of aliphatic carboxylic acids is 1. The van der Waals surface area contributed by atoms with Crippen molar-refractivity contribution in [1.82, 2.24) is 4.90 Å². The summed E-state index contributed by atoms with van der Waals surface area (Å²) in [5, 5.41) is 18.4. The Bertz CT molecular complexity index is 195. The van der Waals surface area contributed by atoms with E-state index in [1.165, 1.54) is 0 Å². The average molecular weight is 187 g/mol. The predicted molar refractivity (Wildman–Crippen MR) is 48.4 cm³/mol. The third kappa shape index (κ3) is 2.42. The molecule has 1 rings (SSSR count). The van der Waals surface area contributed by atoms with E-state index < -0.39 is 18.0 Å². The molecule has 1 heterocycles. The van der Waals surface area contributed by atoms with Crippen LogP contribution in [0.4, 0.5) is 0 Å². The highest BCUT2D eigenvalue weighted by molar-refractivity contribution is 5.70. The van der Waals surface area contributed by atoms with E-state index in [4.69, 9.17) is 5.11 Å². The van der Waals surface area contributed by atoms with Gasteiger partial charge in [-0.2, -0.15) is 0 Å². The maximum atomic E-state index is 10.7. The Morgan fingerprint density at radius 3 is 2.77 bits per heavy atom. The molecule has 0 spiro atoms. The molecule has 1 aliphatic heterocycles. The van der Waals surface area contributed by atoms with Crippen LogP contribution in [0.1, 0.15) is 13.3 Å². The van der Waals surface area contributed by atoms with E-state index >= 15 is 0 Å². The molecule has 1 aliphatic rings. The topological polar surface area (TPSA) is 60.8 Å². The van der Waals surface area contributed by atoms with Crippen LogP contribution in [-0.2, 0) is 4.79 Å². The molecule has 3 unspecified atom stereocenters. The van der Waals surface area contributed by atoms with Gasteiger partial charge in [0.2, 0.25) is 0 Å². The standard InChI is InChI=1S/C9H17NO3/c1-6(9(12)13)7-5-10(2)4-3-8(7)11/h6-8,11H,3-5H2,1-2H3,(H,12,13). The van der Waals surface area contributed by atoms with Crippen LogP contribution in [0, 0.1) is 11.8 Å². The fourth-order valence-corrected chi connectivity index (χ4v) is 1.81. The van der Waals surface area contributed by atoms with E-state index in [-0.39, 0.29) is 5.92 Å². The lowest BCUT2D eigenvalue weighted by molar-refractivity contribution is -0.146. The third-order valence-electron chi connectivity index (χ3n) is 2.86.